The molecule has 0 radical (unpaired) electrons. The predicted octanol–water partition coefficient (Wildman–Crippen LogP) is 2.03. The summed E-state index contributed by atoms with van der Waals surface area (Å²) < 4.78 is 26.7. The Morgan fingerprint density at radius 1 is 1.20 bits per heavy atom. The minimum atomic E-state index is -0.952. The molecule has 0 spiro atoms. The highest BCUT2D eigenvalue weighted by atomic mass is 19.2. The highest BCUT2D eigenvalue weighted by molar-refractivity contribution is 5.21. The van der Waals surface area contributed by atoms with Crippen LogP contribution in [0.4, 0.5) is 8.78 Å². The summed E-state index contributed by atoms with van der Waals surface area (Å²) in [5.74, 6) is -1.84. The molecule has 1 saturated heterocycles. The molecular formula is C15H22F2N2O. The molecule has 1 aliphatic rings. The van der Waals surface area contributed by atoms with Crippen LogP contribution in [0.3, 0.4) is 0 Å². The Bertz CT molecular complexity index is 442. The van der Waals surface area contributed by atoms with Crippen LogP contribution in [0.2, 0.25) is 0 Å². The van der Waals surface area contributed by atoms with Crippen LogP contribution in [-0.4, -0.2) is 54.7 Å². The molecule has 20 heavy (non-hydrogen) atoms. The highest BCUT2D eigenvalue weighted by Crippen LogP contribution is 2.22. The molecule has 1 N–H and O–H groups in total. The zero-order chi connectivity index (χ0) is 14.5. The normalized spacial score (nSPS) is 19.8. The molecule has 5 heteroatoms. The molecule has 112 valence electrons. The first kappa shape index (κ1) is 15.4. The standard InChI is InChI=1S/C15H22F2N2O/c1-18-7-3-8-19(11-10-18)9-6-14(20)12-4-2-5-13(16)15(12)17/h2,4-5,14,20H,3,6-11H2,1H3. The van der Waals surface area contributed by atoms with E-state index in [1.807, 2.05) is 0 Å². The first-order chi connectivity index (χ1) is 9.58. The van der Waals surface area contributed by atoms with E-state index in [1.54, 1.807) is 0 Å². The van der Waals surface area contributed by atoms with E-state index in [4.69, 9.17) is 0 Å². The van der Waals surface area contributed by atoms with Gasteiger partial charge in [0.05, 0.1) is 6.10 Å². The van der Waals surface area contributed by atoms with E-state index in [9.17, 15) is 13.9 Å². The van der Waals surface area contributed by atoms with Gasteiger partial charge in [-0.05, 0) is 39.0 Å². The lowest BCUT2D eigenvalue weighted by Gasteiger charge is -2.22. The Morgan fingerprint density at radius 2 is 2.00 bits per heavy atom. The predicted molar refractivity (Wildman–Crippen MR) is 74.5 cm³/mol. The number of hydrogen-bond donors (Lipinski definition) is 1. The molecule has 0 amide bonds. The van der Waals surface area contributed by atoms with Gasteiger partial charge in [-0.3, -0.25) is 0 Å². The topological polar surface area (TPSA) is 26.7 Å². The third-order valence-corrected chi connectivity index (χ3v) is 3.87. The van der Waals surface area contributed by atoms with Crippen molar-refractivity contribution in [1.29, 1.82) is 0 Å². The molecule has 1 aromatic carbocycles. The molecule has 1 heterocycles. The summed E-state index contributed by atoms with van der Waals surface area (Å²) in [6, 6.07) is 3.94. The average molecular weight is 284 g/mol. The number of nitrogens with zero attached hydrogens (tertiary/aromatic N) is 2. The van der Waals surface area contributed by atoms with Crippen molar-refractivity contribution < 1.29 is 13.9 Å². The first-order valence-corrected chi connectivity index (χ1v) is 7.11. The van der Waals surface area contributed by atoms with Gasteiger partial charge in [-0.1, -0.05) is 12.1 Å². The fourth-order valence-electron chi connectivity index (χ4n) is 2.56. The third kappa shape index (κ3) is 3.98. The summed E-state index contributed by atoms with van der Waals surface area (Å²) in [4.78, 5) is 4.55. The summed E-state index contributed by atoms with van der Waals surface area (Å²) in [5, 5.41) is 10.0. The van der Waals surface area contributed by atoms with E-state index in [0.717, 1.165) is 38.7 Å². The fraction of sp³-hybridized carbons (Fsp3) is 0.600. The van der Waals surface area contributed by atoms with Crippen molar-refractivity contribution in [2.45, 2.75) is 18.9 Å². The molecule has 0 bridgehead atoms. The number of aliphatic hydroxyl groups is 1. The average Bonchev–Trinajstić information content (AvgIpc) is 2.64. The minimum Gasteiger partial charge on any atom is -0.388 e. The number of benzene rings is 1. The Balaban J connectivity index is 1.88. The zero-order valence-electron chi connectivity index (χ0n) is 11.9. The van der Waals surface area contributed by atoms with Gasteiger partial charge in [-0.2, -0.15) is 0 Å². The summed E-state index contributed by atoms with van der Waals surface area (Å²) in [5.41, 5.74) is 0.0527. The number of aliphatic hydroxyl groups excluding tert-OH is 1. The van der Waals surface area contributed by atoms with Crippen LogP contribution >= 0.6 is 0 Å². The second-order valence-corrected chi connectivity index (χ2v) is 5.45. The lowest BCUT2D eigenvalue weighted by molar-refractivity contribution is 0.138. The maximum atomic E-state index is 13.6. The van der Waals surface area contributed by atoms with Gasteiger partial charge >= 0.3 is 0 Å². The van der Waals surface area contributed by atoms with E-state index < -0.39 is 17.7 Å². The zero-order valence-corrected chi connectivity index (χ0v) is 11.9. The molecule has 1 aromatic rings. The van der Waals surface area contributed by atoms with Gasteiger partial charge in [0.25, 0.3) is 0 Å². The second kappa shape index (κ2) is 7.11. The van der Waals surface area contributed by atoms with Crippen molar-refractivity contribution in [1.82, 2.24) is 9.80 Å². The molecule has 1 unspecified atom stereocenters. The molecule has 1 fully saturated rings. The second-order valence-electron chi connectivity index (χ2n) is 5.45. The van der Waals surface area contributed by atoms with Crippen LogP contribution in [0.1, 0.15) is 24.5 Å². The molecule has 0 aliphatic carbocycles. The smallest absolute Gasteiger partial charge is 0.164 e. The van der Waals surface area contributed by atoms with E-state index in [2.05, 4.69) is 16.8 Å². The Labute approximate surface area is 118 Å². The summed E-state index contributed by atoms with van der Waals surface area (Å²) in [6.07, 6.45) is 0.567. The highest BCUT2D eigenvalue weighted by Gasteiger charge is 2.18. The molecular weight excluding hydrogens is 262 g/mol. The van der Waals surface area contributed by atoms with E-state index in [1.165, 1.54) is 12.1 Å². The van der Waals surface area contributed by atoms with Gasteiger partial charge in [-0.25, -0.2) is 8.78 Å². The van der Waals surface area contributed by atoms with Crippen molar-refractivity contribution in [3.8, 4) is 0 Å². The van der Waals surface area contributed by atoms with Crippen molar-refractivity contribution in [3.63, 3.8) is 0 Å². The SMILES string of the molecule is CN1CCCN(CCC(O)c2cccc(F)c2F)CC1. The number of rotatable bonds is 4. The van der Waals surface area contributed by atoms with Crippen molar-refractivity contribution >= 4 is 0 Å². The minimum absolute atomic E-state index is 0.0527. The Hall–Kier alpha value is -1.04. The van der Waals surface area contributed by atoms with Crippen LogP contribution < -0.4 is 0 Å². The lowest BCUT2D eigenvalue weighted by Crippen LogP contribution is -2.30. The molecule has 1 aliphatic heterocycles. The van der Waals surface area contributed by atoms with E-state index in [-0.39, 0.29) is 5.56 Å². The Morgan fingerprint density at radius 3 is 2.80 bits per heavy atom. The van der Waals surface area contributed by atoms with Crippen LogP contribution in [0.25, 0.3) is 0 Å². The molecule has 0 saturated carbocycles. The number of halogens is 2. The fourth-order valence-corrected chi connectivity index (χ4v) is 2.56. The lowest BCUT2D eigenvalue weighted by atomic mass is 10.1. The third-order valence-electron chi connectivity index (χ3n) is 3.87. The molecule has 0 aromatic heterocycles. The van der Waals surface area contributed by atoms with Crippen LogP contribution in [0.5, 0.6) is 0 Å². The maximum absolute atomic E-state index is 13.6. The van der Waals surface area contributed by atoms with E-state index >= 15 is 0 Å². The van der Waals surface area contributed by atoms with Crippen molar-refractivity contribution in [2.75, 3.05) is 39.8 Å². The van der Waals surface area contributed by atoms with Gasteiger partial charge in [0.2, 0.25) is 0 Å². The summed E-state index contributed by atoms with van der Waals surface area (Å²) in [6.45, 7) is 4.73. The van der Waals surface area contributed by atoms with Crippen molar-refractivity contribution in [3.05, 3.63) is 35.4 Å². The van der Waals surface area contributed by atoms with Gasteiger partial charge < -0.3 is 14.9 Å². The van der Waals surface area contributed by atoms with Gasteiger partial charge in [0.15, 0.2) is 11.6 Å². The number of likely N-dealkylation sites (N-methyl/N-ethyl adjacent to an activating group) is 1. The van der Waals surface area contributed by atoms with Gasteiger partial charge in [0, 0.05) is 25.2 Å². The monoisotopic (exact) mass is 284 g/mol. The van der Waals surface area contributed by atoms with E-state index in [0.29, 0.717) is 13.0 Å². The molecule has 1 atom stereocenters. The van der Waals surface area contributed by atoms with Crippen molar-refractivity contribution in [2.24, 2.45) is 0 Å². The summed E-state index contributed by atoms with van der Waals surface area (Å²) in [7, 11) is 2.10. The van der Waals surface area contributed by atoms with Gasteiger partial charge in [0.1, 0.15) is 0 Å². The first-order valence-electron chi connectivity index (χ1n) is 7.11. The summed E-state index contributed by atoms with van der Waals surface area (Å²) >= 11 is 0. The largest absolute Gasteiger partial charge is 0.388 e. The molecule has 3 nitrogen and oxygen atoms in total. The Kier molecular flexibility index (Phi) is 5.46. The van der Waals surface area contributed by atoms with Crippen LogP contribution in [-0.2, 0) is 0 Å². The molecule has 2 rings (SSSR count). The van der Waals surface area contributed by atoms with Crippen LogP contribution in [0.15, 0.2) is 18.2 Å². The number of hydrogen-bond acceptors (Lipinski definition) is 3. The van der Waals surface area contributed by atoms with Crippen LogP contribution in [0, 0.1) is 11.6 Å². The quantitative estimate of drug-likeness (QED) is 0.916. The maximum Gasteiger partial charge on any atom is 0.164 e. The van der Waals surface area contributed by atoms with Gasteiger partial charge in [-0.15, -0.1) is 0 Å².